The van der Waals surface area contributed by atoms with Gasteiger partial charge in [0.15, 0.2) is 0 Å². The minimum Gasteiger partial charge on any atom is -0.464 e. The Balaban J connectivity index is 2.02. The van der Waals surface area contributed by atoms with Crippen LogP contribution in [0, 0.1) is 0 Å². The van der Waals surface area contributed by atoms with Crippen LogP contribution in [0.2, 0.25) is 0 Å². The fraction of sp³-hybridized carbons (Fsp3) is 0.429. The molecule has 2 rings (SSSR count). The van der Waals surface area contributed by atoms with E-state index in [1.54, 1.807) is 5.43 Å². The molecule has 0 saturated heterocycles. The number of carboxylic acid groups (broad SMARTS) is 1. The van der Waals surface area contributed by atoms with Crippen LogP contribution in [0.4, 0.5) is 4.79 Å². The third kappa shape index (κ3) is 4.93. The summed E-state index contributed by atoms with van der Waals surface area (Å²) in [4.78, 5) is 22.0. The van der Waals surface area contributed by atoms with Crippen LogP contribution in [-0.4, -0.2) is 31.6 Å². The number of rotatable bonds is 4. The van der Waals surface area contributed by atoms with Crippen LogP contribution in [0.1, 0.15) is 42.5 Å². The van der Waals surface area contributed by atoms with E-state index < -0.39 is 22.0 Å². The van der Waals surface area contributed by atoms with Gasteiger partial charge < -0.3 is 5.11 Å². The monoisotopic (exact) mass is 341 g/mol. The Bertz CT molecular complexity index is 666. The molecule has 0 spiro atoms. The first-order valence-corrected chi connectivity index (χ1v) is 8.78. The molecule has 23 heavy (non-hydrogen) atoms. The maximum absolute atomic E-state index is 12.3. The van der Waals surface area contributed by atoms with Crippen LogP contribution < -0.4 is 15.6 Å². The van der Waals surface area contributed by atoms with Gasteiger partial charge in [0.1, 0.15) is 0 Å². The van der Waals surface area contributed by atoms with Gasteiger partial charge in [-0.1, -0.05) is 19.3 Å². The zero-order chi connectivity index (χ0) is 16.9. The molecular formula is C14H19N3O5S. The van der Waals surface area contributed by atoms with E-state index >= 15 is 0 Å². The molecule has 1 fully saturated rings. The lowest BCUT2D eigenvalue weighted by Crippen LogP contribution is -2.40. The van der Waals surface area contributed by atoms with E-state index in [4.69, 9.17) is 5.11 Å². The molecule has 0 unspecified atom stereocenters. The molecule has 126 valence electrons. The first kappa shape index (κ1) is 17.2. The largest absolute Gasteiger partial charge is 0.464 e. The average Bonchev–Trinajstić information content (AvgIpc) is 2.53. The van der Waals surface area contributed by atoms with Gasteiger partial charge >= 0.3 is 6.09 Å². The van der Waals surface area contributed by atoms with Crippen molar-refractivity contribution in [3.63, 3.8) is 0 Å². The molecule has 0 aliphatic heterocycles. The normalized spacial score (nSPS) is 15.8. The quantitative estimate of drug-likeness (QED) is 0.613. The number of benzene rings is 1. The van der Waals surface area contributed by atoms with Crippen molar-refractivity contribution in [1.82, 2.24) is 15.6 Å². The van der Waals surface area contributed by atoms with Crippen LogP contribution in [-0.2, 0) is 10.0 Å². The number of sulfonamides is 1. The van der Waals surface area contributed by atoms with E-state index in [0.717, 1.165) is 32.1 Å². The van der Waals surface area contributed by atoms with Gasteiger partial charge in [-0.05, 0) is 37.1 Å². The van der Waals surface area contributed by atoms with Crippen molar-refractivity contribution < 1.29 is 23.1 Å². The number of hydrogen-bond acceptors (Lipinski definition) is 4. The topological polar surface area (TPSA) is 125 Å². The molecule has 0 radical (unpaired) electrons. The van der Waals surface area contributed by atoms with Gasteiger partial charge in [0.25, 0.3) is 5.91 Å². The molecule has 1 aromatic carbocycles. The second-order valence-electron chi connectivity index (χ2n) is 5.36. The Kier molecular flexibility index (Phi) is 5.56. The summed E-state index contributed by atoms with van der Waals surface area (Å²) in [5, 5.41) is 8.40. The molecule has 2 amide bonds. The Labute approximate surface area is 134 Å². The van der Waals surface area contributed by atoms with Crippen LogP contribution in [0.5, 0.6) is 0 Å². The standard InChI is InChI=1S/C14H19N3O5S/c18-13(15-16-14(19)20)10-6-8-12(9-7-10)23(21,22)17-11-4-2-1-3-5-11/h6-9,11,16-17H,1-5H2,(H,15,18)(H,19,20). The summed E-state index contributed by atoms with van der Waals surface area (Å²) in [6.07, 6.45) is 3.44. The lowest BCUT2D eigenvalue weighted by Gasteiger charge is -2.22. The van der Waals surface area contributed by atoms with Crippen molar-refractivity contribution in [2.24, 2.45) is 0 Å². The Hall–Kier alpha value is -2.13. The van der Waals surface area contributed by atoms with Gasteiger partial charge in [-0.15, -0.1) is 0 Å². The van der Waals surface area contributed by atoms with E-state index in [1.807, 2.05) is 5.43 Å². The minimum atomic E-state index is -3.62. The number of carbonyl (C=O) groups is 2. The predicted molar refractivity (Wildman–Crippen MR) is 82.3 cm³/mol. The fourth-order valence-corrected chi connectivity index (χ4v) is 3.78. The summed E-state index contributed by atoms with van der Waals surface area (Å²) in [6.45, 7) is 0. The molecule has 1 aromatic rings. The predicted octanol–water partition coefficient (Wildman–Crippen LogP) is 1.21. The van der Waals surface area contributed by atoms with E-state index in [0.29, 0.717) is 0 Å². The van der Waals surface area contributed by atoms with E-state index in [9.17, 15) is 18.0 Å². The lowest BCUT2D eigenvalue weighted by atomic mass is 9.96. The number of hydrogen-bond donors (Lipinski definition) is 4. The number of nitrogens with one attached hydrogen (secondary N) is 3. The number of carbonyl (C=O) groups excluding carboxylic acids is 1. The fourth-order valence-electron chi connectivity index (χ4n) is 2.48. The van der Waals surface area contributed by atoms with E-state index in [1.165, 1.54) is 24.3 Å². The molecule has 8 nitrogen and oxygen atoms in total. The second-order valence-corrected chi connectivity index (χ2v) is 7.08. The van der Waals surface area contributed by atoms with Crippen LogP contribution in [0.3, 0.4) is 0 Å². The molecule has 1 aliphatic rings. The van der Waals surface area contributed by atoms with Crippen molar-refractivity contribution >= 4 is 22.0 Å². The Morgan fingerprint density at radius 2 is 1.61 bits per heavy atom. The first-order valence-electron chi connectivity index (χ1n) is 7.30. The van der Waals surface area contributed by atoms with Crippen LogP contribution >= 0.6 is 0 Å². The van der Waals surface area contributed by atoms with Crippen LogP contribution in [0.25, 0.3) is 0 Å². The molecule has 0 bridgehead atoms. The summed E-state index contributed by atoms with van der Waals surface area (Å²) >= 11 is 0. The smallest absolute Gasteiger partial charge is 0.423 e. The molecule has 0 heterocycles. The van der Waals surface area contributed by atoms with Gasteiger partial charge in [0.05, 0.1) is 4.90 Å². The molecule has 1 saturated carbocycles. The maximum atomic E-state index is 12.3. The van der Waals surface area contributed by atoms with E-state index in [2.05, 4.69) is 4.72 Å². The highest BCUT2D eigenvalue weighted by Crippen LogP contribution is 2.20. The molecular weight excluding hydrogens is 322 g/mol. The summed E-state index contributed by atoms with van der Waals surface area (Å²) in [6, 6.07) is 5.25. The summed E-state index contributed by atoms with van der Waals surface area (Å²) in [5.74, 6) is -0.670. The zero-order valence-corrected chi connectivity index (χ0v) is 13.2. The Morgan fingerprint density at radius 3 is 2.17 bits per heavy atom. The van der Waals surface area contributed by atoms with Crippen molar-refractivity contribution in [3.8, 4) is 0 Å². The zero-order valence-electron chi connectivity index (χ0n) is 12.4. The second kappa shape index (κ2) is 7.42. The van der Waals surface area contributed by atoms with Crippen molar-refractivity contribution in [1.29, 1.82) is 0 Å². The van der Waals surface area contributed by atoms with Gasteiger partial charge in [0, 0.05) is 11.6 Å². The first-order chi connectivity index (χ1) is 10.9. The van der Waals surface area contributed by atoms with Crippen molar-refractivity contribution in [2.75, 3.05) is 0 Å². The summed E-state index contributed by atoms with van der Waals surface area (Å²) in [7, 11) is -3.62. The highest BCUT2D eigenvalue weighted by Gasteiger charge is 2.22. The minimum absolute atomic E-state index is 0.0449. The van der Waals surface area contributed by atoms with Gasteiger partial charge in [-0.3, -0.25) is 10.2 Å². The van der Waals surface area contributed by atoms with Crippen LogP contribution in [0.15, 0.2) is 29.2 Å². The summed E-state index contributed by atoms with van der Waals surface area (Å²) in [5.41, 5.74) is 3.85. The average molecular weight is 341 g/mol. The van der Waals surface area contributed by atoms with Crippen molar-refractivity contribution in [3.05, 3.63) is 29.8 Å². The highest BCUT2D eigenvalue weighted by atomic mass is 32.2. The summed E-state index contributed by atoms with van der Waals surface area (Å²) < 4.78 is 27.3. The number of hydrazine groups is 1. The van der Waals surface area contributed by atoms with Gasteiger partial charge in [0.2, 0.25) is 10.0 Å². The third-order valence-electron chi connectivity index (χ3n) is 3.64. The third-order valence-corrected chi connectivity index (χ3v) is 5.17. The van der Waals surface area contributed by atoms with Crippen molar-refractivity contribution in [2.45, 2.75) is 43.0 Å². The molecule has 9 heteroatoms. The SMILES string of the molecule is O=C(O)NNC(=O)c1ccc(S(=O)(=O)NC2CCCCC2)cc1. The van der Waals surface area contributed by atoms with Gasteiger partial charge in [-0.25, -0.2) is 23.4 Å². The number of amides is 2. The lowest BCUT2D eigenvalue weighted by molar-refractivity contribution is 0.0926. The van der Waals surface area contributed by atoms with E-state index in [-0.39, 0.29) is 16.5 Å². The Morgan fingerprint density at radius 1 is 1.00 bits per heavy atom. The van der Waals surface area contributed by atoms with Gasteiger partial charge in [-0.2, -0.15) is 0 Å². The maximum Gasteiger partial charge on any atom is 0.423 e. The molecule has 4 N–H and O–H groups in total. The molecule has 1 aliphatic carbocycles. The molecule has 0 aromatic heterocycles. The highest BCUT2D eigenvalue weighted by molar-refractivity contribution is 7.89. The molecule has 0 atom stereocenters.